The van der Waals surface area contributed by atoms with Gasteiger partial charge in [0, 0.05) is 25.1 Å². The molecule has 7 heteroatoms. The minimum absolute atomic E-state index is 0.201. The van der Waals surface area contributed by atoms with Crippen LogP contribution < -0.4 is 5.32 Å². The van der Waals surface area contributed by atoms with Gasteiger partial charge in [-0.15, -0.1) is 5.10 Å². The van der Waals surface area contributed by atoms with Gasteiger partial charge in [-0.3, -0.25) is 9.25 Å². The van der Waals surface area contributed by atoms with Crippen LogP contribution in [-0.4, -0.2) is 37.1 Å². The molecular weight excluding hydrogens is 196 g/mol. The Kier molecular flexibility index (Phi) is 2.72. The lowest BCUT2D eigenvalue weighted by Gasteiger charge is -2.04. The van der Waals surface area contributed by atoms with E-state index in [1.54, 1.807) is 29.5 Å². The fourth-order valence-corrected chi connectivity index (χ4v) is 1.10. The summed E-state index contributed by atoms with van der Waals surface area (Å²) in [5.41, 5.74) is 0. The maximum Gasteiger partial charge on any atom is 0.326 e. The van der Waals surface area contributed by atoms with Gasteiger partial charge in [-0.25, -0.2) is 9.78 Å². The van der Waals surface area contributed by atoms with Crippen molar-refractivity contribution < 1.29 is 4.79 Å². The monoisotopic (exact) mass is 206 g/mol. The molecule has 0 aliphatic heterocycles. The first-order chi connectivity index (χ1) is 7.36. The molecule has 0 radical (unpaired) electrons. The summed E-state index contributed by atoms with van der Waals surface area (Å²) in [7, 11) is 0. The van der Waals surface area contributed by atoms with Crippen molar-refractivity contribution in [2.45, 2.75) is 6.54 Å². The Bertz CT molecular complexity index is 406. The van der Waals surface area contributed by atoms with Crippen LogP contribution in [0.1, 0.15) is 0 Å². The molecule has 2 rings (SSSR count). The van der Waals surface area contributed by atoms with Gasteiger partial charge in [0.05, 0.1) is 12.7 Å². The number of nitrogens with one attached hydrogen (secondary N) is 1. The van der Waals surface area contributed by atoms with Crippen LogP contribution in [0.5, 0.6) is 0 Å². The van der Waals surface area contributed by atoms with E-state index in [0.717, 1.165) is 0 Å². The maximum absolute atomic E-state index is 11.4. The van der Waals surface area contributed by atoms with Gasteiger partial charge in [0.15, 0.2) is 0 Å². The van der Waals surface area contributed by atoms with Crippen molar-refractivity contribution in [1.82, 2.24) is 29.9 Å². The van der Waals surface area contributed by atoms with Crippen LogP contribution in [0, 0.1) is 0 Å². The molecule has 1 N–H and O–H groups in total. The molecule has 2 aromatic heterocycles. The van der Waals surface area contributed by atoms with Crippen molar-refractivity contribution in [3.05, 3.63) is 31.1 Å². The van der Waals surface area contributed by atoms with E-state index in [-0.39, 0.29) is 6.03 Å². The topological polar surface area (TPSA) is 77.6 Å². The summed E-state index contributed by atoms with van der Waals surface area (Å²) in [6.07, 6.45) is 7.92. The third-order valence-electron chi connectivity index (χ3n) is 1.83. The van der Waals surface area contributed by atoms with Crippen LogP contribution in [0.25, 0.3) is 0 Å². The van der Waals surface area contributed by atoms with Crippen LogP contribution in [0.3, 0.4) is 0 Å². The zero-order chi connectivity index (χ0) is 10.5. The van der Waals surface area contributed by atoms with Gasteiger partial charge in [-0.1, -0.05) is 5.21 Å². The number of hydrogen-bond acceptors (Lipinski definition) is 4. The van der Waals surface area contributed by atoms with E-state index in [1.807, 2.05) is 0 Å². The Morgan fingerprint density at radius 1 is 1.33 bits per heavy atom. The Balaban J connectivity index is 1.77. The molecule has 0 fully saturated rings. The van der Waals surface area contributed by atoms with Gasteiger partial charge in [0.2, 0.25) is 0 Å². The smallest absolute Gasteiger partial charge is 0.326 e. The van der Waals surface area contributed by atoms with Gasteiger partial charge < -0.3 is 5.32 Å². The second kappa shape index (κ2) is 4.36. The standard InChI is InChI=1S/C8H10N6O/c15-8(13-4-1-9-7-13)10-2-5-14-6-3-11-12-14/h1,3-4,6-7H,2,5H2,(H,10,15). The van der Waals surface area contributed by atoms with Gasteiger partial charge in [0.1, 0.15) is 6.33 Å². The van der Waals surface area contributed by atoms with E-state index >= 15 is 0 Å². The van der Waals surface area contributed by atoms with E-state index in [1.165, 1.54) is 10.9 Å². The molecule has 0 aliphatic carbocycles. The molecular formula is C8H10N6O. The highest BCUT2D eigenvalue weighted by Crippen LogP contribution is 1.85. The van der Waals surface area contributed by atoms with E-state index < -0.39 is 0 Å². The highest BCUT2D eigenvalue weighted by Gasteiger charge is 2.01. The number of hydrogen-bond donors (Lipinski definition) is 1. The second-order valence-corrected chi connectivity index (χ2v) is 2.87. The van der Waals surface area contributed by atoms with Crippen LogP contribution in [-0.2, 0) is 6.54 Å². The van der Waals surface area contributed by atoms with E-state index in [2.05, 4.69) is 20.6 Å². The minimum Gasteiger partial charge on any atom is -0.336 e. The Hall–Kier alpha value is -2.18. The Morgan fingerprint density at radius 3 is 2.93 bits per heavy atom. The summed E-state index contributed by atoms with van der Waals surface area (Å²) >= 11 is 0. The number of carbonyl (C=O) groups excluding carboxylic acids is 1. The summed E-state index contributed by atoms with van der Waals surface area (Å²) in [6.45, 7) is 1.10. The Labute approximate surface area is 85.7 Å². The molecule has 2 aromatic rings. The molecule has 0 aliphatic rings. The van der Waals surface area contributed by atoms with Crippen molar-refractivity contribution in [2.75, 3.05) is 6.54 Å². The molecule has 0 atom stereocenters. The van der Waals surface area contributed by atoms with Crippen LogP contribution in [0.15, 0.2) is 31.1 Å². The van der Waals surface area contributed by atoms with Gasteiger partial charge in [-0.2, -0.15) is 0 Å². The molecule has 78 valence electrons. The molecule has 0 saturated carbocycles. The largest absolute Gasteiger partial charge is 0.336 e. The molecule has 2 heterocycles. The van der Waals surface area contributed by atoms with Crippen molar-refractivity contribution in [2.24, 2.45) is 0 Å². The highest BCUT2D eigenvalue weighted by molar-refractivity contribution is 5.76. The number of nitrogens with zero attached hydrogens (tertiary/aromatic N) is 5. The molecule has 7 nitrogen and oxygen atoms in total. The highest BCUT2D eigenvalue weighted by atomic mass is 16.2. The quantitative estimate of drug-likeness (QED) is 0.750. The summed E-state index contributed by atoms with van der Waals surface area (Å²) in [5.74, 6) is 0. The van der Waals surface area contributed by atoms with Gasteiger partial charge in [0.25, 0.3) is 0 Å². The summed E-state index contributed by atoms with van der Waals surface area (Å²) in [5, 5.41) is 10.1. The van der Waals surface area contributed by atoms with Crippen LogP contribution in [0.4, 0.5) is 4.79 Å². The lowest BCUT2D eigenvalue weighted by molar-refractivity contribution is 0.241. The van der Waals surface area contributed by atoms with Crippen molar-refractivity contribution in [3.8, 4) is 0 Å². The van der Waals surface area contributed by atoms with Gasteiger partial charge >= 0.3 is 6.03 Å². The summed E-state index contributed by atoms with van der Waals surface area (Å²) < 4.78 is 3.02. The average Bonchev–Trinajstić information content (AvgIpc) is 2.90. The van der Waals surface area contributed by atoms with Crippen molar-refractivity contribution in [1.29, 1.82) is 0 Å². The first-order valence-corrected chi connectivity index (χ1v) is 4.46. The molecule has 1 amide bonds. The zero-order valence-corrected chi connectivity index (χ0v) is 7.95. The predicted octanol–water partition coefficient (Wildman–Crippen LogP) is -0.268. The molecule has 0 spiro atoms. The third kappa shape index (κ3) is 2.39. The number of rotatable bonds is 3. The fraction of sp³-hybridized carbons (Fsp3) is 0.250. The summed E-state index contributed by atoms with van der Waals surface area (Å²) in [6, 6.07) is -0.201. The average molecular weight is 206 g/mol. The van der Waals surface area contributed by atoms with E-state index in [4.69, 9.17) is 0 Å². The lowest BCUT2D eigenvalue weighted by atomic mass is 10.6. The first kappa shape index (κ1) is 9.38. The Morgan fingerprint density at radius 2 is 2.27 bits per heavy atom. The van der Waals surface area contributed by atoms with Gasteiger partial charge in [-0.05, 0) is 0 Å². The molecule has 0 bridgehead atoms. The van der Waals surface area contributed by atoms with Crippen molar-refractivity contribution in [3.63, 3.8) is 0 Å². The zero-order valence-electron chi connectivity index (χ0n) is 7.95. The number of aromatic nitrogens is 5. The summed E-state index contributed by atoms with van der Waals surface area (Å²) in [4.78, 5) is 15.2. The number of imidazole rings is 1. The number of carbonyl (C=O) groups is 1. The fourth-order valence-electron chi connectivity index (χ4n) is 1.10. The maximum atomic E-state index is 11.4. The minimum atomic E-state index is -0.201. The van der Waals surface area contributed by atoms with E-state index in [9.17, 15) is 4.79 Å². The SMILES string of the molecule is O=C(NCCn1ccnn1)n1ccnc1. The molecule has 0 saturated heterocycles. The molecule has 0 unspecified atom stereocenters. The predicted molar refractivity (Wildman–Crippen MR) is 51.0 cm³/mol. The number of amides is 1. The molecule has 15 heavy (non-hydrogen) atoms. The van der Waals surface area contributed by atoms with E-state index in [0.29, 0.717) is 13.1 Å². The normalized spacial score (nSPS) is 10.1. The first-order valence-electron chi connectivity index (χ1n) is 4.46. The van der Waals surface area contributed by atoms with Crippen LogP contribution >= 0.6 is 0 Å². The second-order valence-electron chi connectivity index (χ2n) is 2.87. The van der Waals surface area contributed by atoms with Crippen molar-refractivity contribution >= 4 is 6.03 Å². The third-order valence-corrected chi connectivity index (χ3v) is 1.83. The van der Waals surface area contributed by atoms with Crippen LogP contribution in [0.2, 0.25) is 0 Å². The lowest BCUT2D eigenvalue weighted by Crippen LogP contribution is -2.30. The molecule has 0 aromatic carbocycles.